The molecule has 5 nitrogen and oxygen atoms in total. The number of amides is 1. The highest BCUT2D eigenvalue weighted by molar-refractivity contribution is 9.10. The van der Waals surface area contributed by atoms with Gasteiger partial charge in [0.1, 0.15) is 5.82 Å². The van der Waals surface area contributed by atoms with E-state index in [0.717, 1.165) is 12.8 Å². The number of rotatable bonds is 6. The van der Waals surface area contributed by atoms with Crippen molar-refractivity contribution < 1.29 is 9.18 Å². The molecular weight excluding hydrogens is 303 g/mol. The number of nitrogens with zero attached hydrogens (tertiary/aromatic N) is 3. The molecule has 1 N–H and O–H groups in total. The van der Waals surface area contributed by atoms with E-state index in [4.69, 9.17) is 5.53 Å². The molecule has 0 aromatic heterocycles. The van der Waals surface area contributed by atoms with Gasteiger partial charge in [0.05, 0.1) is 4.47 Å². The van der Waals surface area contributed by atoms with Crippen LogP contribution in [0.3, 0.4) is 0 Å². The van der Waals surface area contributed by atoms with Crippen LogP contribution in [0.2, 0.25) is 0 Å². The highest BCUT2D eigenvalue weighted by Gasteiger charge is 2.07. The zero-order chi connectivity index (χ0) is 13.4. The van der Waals surface area contributed by atoms with Crippen molar-refractivity contribution in [2.45, 2.75) is 12.8 Å². The van der Waals surface area contributed by atoms with Crippen LogP contribution in [0.15, 0.2) is 27.8 Å². The molecule has 0 spiro atoms. The molecule has 0 unspecified atom stereocenters. The van der Waals surface area contributed by atoms with Gasteiger partial charge in [0.2, 0.25) is 0 Å². The van der Waals surface area contributed by atoms with Gasteiger partial charge in [-0.1, -0.05) is 5.11 Å². The topological polar surface area (TPSA) is 77.9 Å². The molecule has 0 aliphatic rings. The molecule has 1 rings (SSSR count). The van der Waals surface area contributed by atoms with Crippen LogP contribution in [-0.4, -0.2) is 19.0 Å². The number of hydrogen-bond donors (Lipinski definition) is 1. The van der Waals surface area contributed by atoms with E-state index < -0.39 is 5.82 Å². The van der Waals surface area contributed by atoms with Crippen molar-refractivity contribution in [3.63, 3.8) is 0 Å². The summed E-state index contributed by atoms with van der Waals surface area (Å²) in [5.74, 6) is -0.652. The lowest BCUT2D eigenvalue weighted by atomic mass is 10.2. The molecule has 0 bridgehead atoms. The second-order valence-electron chi connectivity index (χ2n) is 3.55. The molecule has 0 fully saturated rings. The zero-order valence-corrected chi connectivity index (χ0v) is 11.2. The fraction of sp³-hybridized carbons (Fsp3) is 0.364. The van der Waals surface area contributed by atoms with Gasteiger partial charge in [0.25, 0.3) is 5.91 Å². The van der Waals surface area contributed by atoms with Crippen LogP contribution in [-0.2, 0) is 0 Å². The molecule has 0 aliphatic carbocycles. The molecular formula is C11H12BrFN4O. The molecule has 96 valence electrons. The van der Waals surface area contributed by atoms with Gasteiger partial charge in [-0.3, -0.25) is 4.79 Å². The van der Waals surface area contributed by atoms with E-state index in [1.165, 1.54) is 18.2 Å². The minimum absolute atomic E-state index is 0.250. The molecule has 1 aromatic rings. The van der Waals surface area contributed by atoms with Gasteiger partial charge >= 0.3 is 0 Å². The van der Waals surface area contributed by atoms with Crippen molar-refractivity contribution in [2.24, 2.45) is 5.11 Å². The molecule has 0 heterocycles. The standard InChI is InChI=1S/C11H12BrFN4O/c12-9-7-8(3-4-10(9)13)11(18)15-5-1-2-6-16-17-14/h3-4,7H,1-2,5-6H2,(H,15,18). The highest BCUT2D eigenvalue weighted by atomic mass is 79.9. The summed E-state index contributed by atoms with van der Waals surface area (Å²) >= 11 is 3.02. The minimum atomic E-state index is -0.402. The predicted octanol–water partition coefficient (Wildman–Crippen LogP) is 3.41. The first-order chi connectivity index (χ1) is 8.65. The maximum absolute atomic E-state index is 13.0. The number of benzene rings is 1. The van der Waals surface area contributed by atoms with Crippen LogP contribution < -0.4 is 5.32 Å². The van der Waals surface area contributed by atoms with E-state index in [2.05, 4.69) is 31.3 Å². The van der Waals surface area contributed by atoms with Gasteiger partial charge in [-0.2, -0.15) is 0 Å². The Bertz CT molecular complexity index is 474. The molecule has 0 saturated heterocycles. The molecule has 0 radical (unpaired) electrons. The van der Waals surface area contributed by atoms with E-state index >= 15 is 0 Å². The highest BCUT2D eigenvalue weighted by Crippen LogP contribution is 2.16. The monoisotopic (exact) mass is 314 g/mol. The van der Waals surface area contributed by atoms with Crippen LogP contribution in [0.5, 0.6) is 0 Å². The van der Waals surface area contributed by atoms with Gasteiger partial charge in [0, 0.05) is 23.6 Å². The number of halogens is 2. The lowest BCUT2D eigenvalue weighted by Gasteiger charge is -2.05. The van der Waals surface area contributed by atoms with E-state index in [0.29, 0.717) is 18.7 Å². The van der Waals surface area contributed by atoms with Crippen LogP contribution in [0, 0.1) is 5.82 Å². The number of azide groups is 1. The van der Waals surface area contributed by atoms with Crippen molar-refractivity contribution in [3.8, 4) is 0 Å². The second-order valence-corrected chi connectivity index (χ2v) is 4.40. The summed E-state index contributed by atoms with van der Waals surface area (Å²) in [5, 5.41) is 6.09. The van der Waals surface area contributed by atoms with Crippen molar-refractivity contribution in [1.29, 1.82) is 0 Å². The normalized spacial score (nSPS) is 9.67. The molecule has 0 atom stereocenters. The Kier molecular flexibility index (Phi) is 6.18. The number of unbranched alkanes of at least 4 members (excludes halogenated alkanes) is 1. The Morgan fingerprint density at radius 2 is 2.28 bits per heavy atom. The summed E-state index contributed by atoms with van der Waals surface area (Å²) in [6.45, 7) is 0.920. The van der Waals surface area contributed by atoms with Gasteiger partial charge in [-0.05, 0) is 52.5 Å². The second kappa shape index (κ2) is 7.68. The first-order valence-electron chi connectivity index (χ1n) is 5.39. The van der Waals surface area contributed by atoms with Crippen LogP contribution in [0.25, 0.3) is 10.4 Å². The van der Waals surface area contributed by atoms with Gasteiger partial charge in [-0.15, -0.1) is 0 Å². The SMILES string of the molecule is [N-]=[N+]=NCCCCNC(=O)c1ccc(F)c(Br)c1. The minimum Gasteiger partial charge on any atom is -0.352 e. The van der Waals surface area contributed by atoms with Crippen molar-refractivity contribution in [3.05, 3.63) is 44.5 Å². The zero-order valence-electron chi connectivity index (χ0n) is 9.57. The fourth-order valence-corrected chi connectivity index (χ4v) is 1.67. The van der Waals surface area contributed by atoms with Crippen molar-refractivity contribution >= 4 is 21.8 Å². The Labute approximate surface area is 112 Å². The van der Waals surface area contributed by atoms with Crippen molar-refractivity contribution in [1.82, 2.24) is 5.32 Å². The average molecular weight is 315 g/mol. The van der Waals surface area contributed by atoms with Crippen LogP contribution in [0.1, 0.15) is 23.2 Å². The molecule has 0 aliphatic heterocycles. The maximum atomic E-state index is 13.0. The summed E-state index contributed by atoms with van der Waals surface area (Å²) < 4.78 is 13.2. The number of carbonyl (C=O) groups is 1. The van der Waals surface area contributed by atoms with Crippen LogP contribution >= 0.6 is 15.9 Å². The van der Waals surface area contributed by atoms with Gasteiger partial charge < -0.3 is 5.32 Å². The first kappa shape index (κ1) is 14.5. The number of carbonyl (C=O) groups excluding carboxylic acids is 1. The third-order valence-electron chi connectivity index (χ3n) is 2.22. The molecule has 7 heteroatoms. The Balaban J connectivity index is 2.36. The third kappa shape index (κ3) is 4.73. The predicted molar refractivity (Wildman–Crippen MR) is 69.7 cm³/mol. The van der Waals surface area contributed by atoms with E-state index in [9.17, 15) is 9.18 Å². The lowest BCUT2D eigenvalue weighted by Crippen LogP contribution is -2.24. The Morgan fingerprint density at radius 1 is 1.50 bits per heavy atom. The molecule has 1 aromatic carbocycles. The summed E-state index contributed by atoms with van der Waals surface area (Å²) in [7, 11) is 0. The van der Waals surface area contributed by atoms with Gasteiger partial charge in [0.15, 0.2) is 0 Å². The third-order valence-corrected chi connectivity index (χ3v) is 2.82. The Morgan fingerprint density at radius 3 is 2.94 bits per heavy atom. The van der Waals surface area contributed by atoms with Crippen LogP contribution in [0.4, 0.5) is 4.39 Å². The Hall–Kier alpha value is -1.59. The fourth-order valence-electron chi connectivity index (χ4n) is 1.29. The number of hydrogen-bond acceptors (Lipinski definition) is 2. The quantitative estimate of drug-likeness (QED) is 0.371. The van der Waals surface area contributed by atoms with Gasteiger partial charge in [-0.25, -0.2) is 4.39 Å². The lowest BCUT2D eigenvalue weighted by molar-refractivity contribution is 0.0953. The number of nitrogens with one attached hydrogen (secondary N) is 1. The van der Waals surface area contributed by atoms with E-state index in [1.807, 2.05) is 0 Å². The maximum Gasteiger partial charge on any atom is 0.251 e. The summed E-state index contributed by atoms with van der Waals surface area (Å²) in [6, 6.07) is 4.10. The molecule has 1 amide bonds. The van der Waals surface area contributed by atoms with Crippen molar-refractivity contribution in [2.75, 3.05) is 13.1 Å². The first-order valence-corrected chi connectivity index (χ1v) is 6.18. The average Bonchev–Trinajstić information content (AvgIpc) is 2.36. The smallest absolute Gasteiger partial charge is 0.251 e. The van der Waals surface area contributed by atoms with E-state index in [-0.39, 0.29) is 10.4 Å². The summed E-state index contributed by atoms with van der Waals surface area (Å²) in [5.41, 5.74) is 8.46. The molecule has 0 saturated carbocycles. The summed E-state index contributed by atoms with van der Waals surface area (Å²) in [6.07, 6.45) is 1.45. The largest absolute Gasteiger partial charge is 0.352 e. The molecule has 18 heavy (non-hydrogen) atoms. The summed E-state index contributed by atoms with van der Waals surface area (Å²) in [4.78, 5) is 14.3. The van der Waals surface area contributed by atoms with E-state index in [1.54, 1.807) is 0 Å².